The number of hydrogen-bond donors (Lipinski definition) is 0. The maximum Gasteiger partial charge on any atom is 0.250 e. The van der Waals surface area contributed by atoms with Crippen LogP contribution < -0.4 is 10.3 Å². The summed E-state index contributed by atoms with van der Waals surface area (Å²) in [6.07, 6.45) is 1.83. The molecule has 3 rings (SSSR count). The number of hydrogen-bond acceptors (Lipinski definition) is 2. The number of benzene rings is 2. The number of methoxy groups -OCH3 is 1. The number of pyridine rings is 1. The van der Waals surface area contributed by atoms with Gasteiger partial charge in [-0.3, -0.25) is 4.79 Å². The Balaban J connectivity index is 1.95. The van der Waals surface area contributed by atoms with Crippen molar-refractivity contribution in [1.29, 1.82) is 0 Å². The second-order valence-electron chi connectivity index (χ2n) is 5.35. The first-order valence-electron chi connectivity index (χ1n) is 7.35. The number of nitrogens with zero attached hydrogens (tertiary/aromatic N) is 1. The Morgan fingerprint density at radius 3 is 2.33 bits per heavy atom. The Hall–Kier alpha value is -2.23. The summed E-state index contributed by atoms with van der Waals surface area (Å²) in [6.45, 7) is 0.388. The Morgan fingerprint density at radius 2 is 1.67 bits per heavy atom. The van der Waals surface area contributed by atoms with Crippen LogP contribution in [-0.2, 0) is 6.54 Å². The summed E-state index contributed by atoms with van der Waals surface area (Å²) in [5.41, 5.74) is 2.71. The highest BCUT2D eigenvalue weighted by atomic mass is 35.5. The van der Waals surface area contributed by atoms with Crippen LogP contribution in [-0.4, -0.2) is 11.7 Å². The summed E-state index contributed by atoms with van der Waals surface area (Å²) in [5.74, 6) is 0.792. The Bertz CT molecular complexity index is 917. The zero-order valence-electron chi connectivity index (χ0n) is 13.0. The third-order valence-electron chi connectivity index (χ3n) is 3.76. The van der Waals surface area contributed by atoms with Crippen LogP contribution >= 0.6 is 23.2 Å². The van der Waals surface area contributed by atoms with E-state index >= 15 is 0 Å². The van der Waals surface area contributed by atoms with Crippen molar-refractivity contribution >= 4 is 23.2 Å². The van der Waals surface area contributed by atoms with Crippen molar-refractivity contribution in [1.82, 2.24) is 4.57 Å². The Labute approximate surface area is 150 Å². The molecule has 0 atom stereocenters. The monoisotopic (exact) mass is 359 g/mol. The molecule has 3 aromatic rings. The highest BCUT2D eigenvalue weighted by molar-refractivity contribution is 6.35. The lowest BCUT2D eigenvalue weighted by molar-refractivity contribution is 0.415. The molecule has 0 aliphatic rings. The van der Waals surface area contributed by atoms with Crippen molar-refractivity contribution in [2.45, 2.75) is 6.54 Å². The summed E-state index contributed by atoms with van der Waals surface area (Å²) < 4.78 is 6.80. The lowest BCUT2D eigenvalue weighted by Crippen LogP contribution is -2.19. The molecule has 0 N–H and O–H groups in total. The Kier molecular flexibility index (Phi) is 4.93. The van der Waals surface area contributed by atoms with E-state index in [4.69, 9.17) is 27.9 Å². The van der Waals surface area contributed by atoms with E-state index in [1.165, 1.54) is 0 Å². The highest BCUT2D eigenvalue weighted by Crippen LogP contribution is 2.23. The molecule has 1 heterocycles. The van der Waals surface area contributed by atoms with Gasteiger partial charge in [0.2, 0.25) is 0 Å². The molecule has 3 nitrogen and oxygen atoms in total. The van der Waals surface area contributed by atoms with Gasteiger partial charge < -0.3 is 9.30 Å². The van der Waals surface area contributed by atoms with E-state index in [2.05, 4.69) is 0 Å². The van der Waals surface area contributed by atoms with Crippen LogP contribution in [0.1, 0.15) is 5.56 Å². The van der Waals surface area contributed by atoms with Gasteiger partial charge in [-0.25, -0.2) is 0 Å². The lowest BCUT2D eigenvalue weighted by Gasteiger charge is -2.10. The summed E-state index contributed by atoms with van der Waals surface area (Å²) in [6, 6.07) is 16.3. The third-order valence-corrected chi connectivity index (χ3v) is 4.35. The molecule has 2 aromatic carbocycles. The smallest absolute Gasteiger partial charge is 0.250 e. The van der Waals surface area contributed by atoms with Crippen molar-refractivity contribution in [2.75, 3.05) is 7.11 Å². The first-order valence-corrected chi connectivity index (χ1v) is 8.11. The molecule has 0 saturated heterocycles. The molecule has 0 aliphatic heterocycles. The summed E-state index contributed by atoms with van der Waals surface area (Å²) in [5, 5.41) is 1.12. The normalized spacial score (nSPS) is 10.6. The molecule has 0 bridgehead atoms. The molecule has 0 radical (unpaired) electrons. The second kappa shape index (κ2) is 7.12. The van der Waals surface area contributed by atoms with Crippen molar-refractivity contribution < 1.29 is 4.74 Å². The molecular weight excluding hydrogens is 345 g/mol. The molecule has 5 heteroatoms. The van der Waals surface area contributed by atoms with Crippen LogP contribution in [0.25, 0.3) is 11.1 Å². The molecule has 1 aromatic heterocycles. The van der Waals surface area contributed by atoms with Crippen LogP contribution in [0.5, 0.6) is 5.75 Å². The number of rotatable bonds is 4. The summed E-state index contributed by atoms with van der Waals surface area (Å²) in [4.78, 5) is 12.2. The van der Waals surface area contributed by atoms with Gasteiger partial charge in [0.05, 0.1) is 13.7 Å². The summed E-state index contributed by atoms with van der Waals surface area (Å²) in [7, 11) is 1.63. The highest BCUT2D eigenvalue weighted by Gasteiger charge is 2.06. The van der Waals surface area contributed by atoms with Crippen molar-refractivity contribution in [3.05, 3.63) is 86.8 Å². The van der Waals surface area contributed by atoms with E-state index in [9.17, 15) is 4.79 Å². The average molecular weight is 360 g/mol. The van der Waals surface area contributed by atoms with Gasteiger partial charge in [-0.1, -0.05) is 41.4 Å². The van der Waals surface area contributed by atoms with E-state index in [1.807, 2.05) is 42.6 Å². The van der Waals surface area contributed by atoms with Crippen LogP contribution in [0, 0.1) is 0 Å². The van der Waals surface area contributed by atoms with Crippen molar-refractivity contribution in [2.24, 2.45) is 0 Å². The van der Waals surface area contributed by atoms with Crippen LogP contribution in [0.4, 0.5) is 0 Å². The van der Waals surface area contributed by atoms with Crippen LogP contribution in [0.15, 0.2) is 65.6 Å². The number of halogens is 2. The van der Waals surface area contributed by atoms with Crippen LogP contribution in [0.2, 0.25) is 10.0 Å². The quantitative estimate of drug-likeness (QED) is 0.664. The van der Waals surface area contributed by atoms with Gasteiger partial charge in [-0.05, 0) is 47.0 Å². The second-order valence-corrected chi connectivity index (χ2v) is 6.19. The van der Waals surface area contributed by atoms with Gasteiger partial charge in [0.25, 0.3) is 5.56 Å². The van der Waals surface area contributed by atoms with Gasteiger partial charge >= 0.3 is 0 Å². The fourth-order valence-corrected chi connectivity index (χ4v) is 2.91. The van der Waals surface area contributed by atoms with Gasteiger partial charge in [-0.15, -0.1) is 0 Å². The van der Waals surface area contributed by atoms with Gasteiger partial charge in [0.1, 0.15) is 5.75 Å². The predicted molar refractivity (Wildman–Crippen MR) is 98.3 cm³/mol. The SMILES string of the molecule is COc1ccc(-c2ccc(=O)n(Cc3ccc(Cl)cc3Cl)c2)cc1. The molecular formula is C19H15Cl2NO2. The fraction of sp³-hybridized carbons (Fsp3) is 0.105. The van der Waals surface area contributed by atoms with E-state index in [0.717, 1.165) is 22.4 Å². The molecule has 122 valence electrons. The summed E-state index contributed by atoms with van der Waals surface area (Å²) >= 11 is 12.1. The van der Waals surface area contributed by atoms with E-state index in [-0.39, 0.29) is 5.56 Å². The predicted octanol–water partition coefficient (Wildman–Crippen LogP) is 4.88. The molecule has 0 saturated carbocycles. The minimum atomic E-state index is -0.0849. The molecule has 0 fully saturated rings. The molecule has 0 spiro atoms. The number of aromatic nitrogens is 1. The minimum Gasteiger partial charge on any atom is -0.497 e. The van der Waals surface area contributed by atoms with Crippen molar-refractivity contribution in [3.63, 3.8) is 0 Å². The van der Waals surface area contributed by atoms with E-state index in [0.29, 0.717) is 16.6 Å². The third kappa shape index (κ3) is 3.64. The maximum absolute atomic E-state index is 12.2. The van der Waals surface area contributed by atoms with E-state index in [1.54, 1.807) is 29.9 Å². The molecule has 0 amide bonds. The number of ether oxygens (including phenoxy) is 1. The zero-order chi connectivity index (χ0) is 17.1. The Morgan fingerprint density at radius 1 is 0.958 bits per heavy atom. The molecule has 0 unspecified atom stereocenters. The van der Waals surface area contributed by atoms with Gasteiger partial charge in [-0.2, -0.15) is 0 Å². The maximum atomic E-state index is 12.2. The molecule has 24 heavy (non-hydrogen) atoms. The minimum absolute atomic E-state index is 0.0849. The van der Waals surface area contributed by atoms with Gasteiger partial charge in [0, 0.05) is 22.3 Å². The standard InChI is InChI=1S/C19H15Cl2NO2/c1-24-17-7-3-13(4-8-17)14-5-9-19(23)22(11-14)12-15-2-6-16(20)10-18(15)21/h2-11H,12H2,1H3. The first kappa shape index (κ1) is 16.6. The zero-order valence-corrected chi connectivity index (χ0v) is 14.5. The first-order chi connectivity index (χ1) is 11.6. The topological polar surface area (TPSA) is 31.2 Å². The largest absolute Gasteiger partial charge is 0.497 e. The van der Waals surface area contributed by atoms with E-state index < -0.39 is 0 Å². The lowest BCUT2D eigenvalue weighted by atomic mass is 10.1. The fourth-order valence-electron chi connectivity index (χ4n) is 2.44. The average Bonchev–Trinajstić information content (AvgIpc) is 2.59. The van der Waals surface area contributed by atoms with Gasteiger partial charge in [0.15, 0.2) is 0 Å². The van der Waals surface area contributed by atoms with Crippen LogP contribution in [0.3, 0.4) is 0 Å². The van der Waals surface area contributed by atoms with Crippen molar-refractivity contribution in [3.8, 4) is 16.9 Å². The molecule has 0 aliphatic carbocycles.